The summed E-state index contributed by atoms with van der Waals surface area (Å²) >= 11 is 0. The van der Waals surface area contributed by atoms with Crippen molar-refractivity contribution in [3.05, 3.63) is 53.2 Å². The fourth-order valence-electron chi connectivity index (χ4n) is 9.86. The van der Waals surface area contributed by atoms with E-state index in [9.17, 15) is 9.50 Å². The van der Waals surface area contributed by atoms with Crippen LogP contribution >= 0.6 is 0 Å². The number of anilines is 1. The van der Waals surface area contributed by atoms with E-state index in [2.05, 4.69) is 62.8 Å². The van der Waals surface area contributed by atoms with Gasteiger partial charge in [-0.1, -0.05) is 53.5 Å². The van der Waals surface area contributed by atoms with Gasteiger partial charge in [0, 0.05) is 54.2 Å². The maximum absolute atomic E-state index is 17.3. The van der Waals surface area contributed by atoms with Crippen LogP contribution in [0.2, 0.25) is 16.6 Å². The number of alkyl halides is 1. The van der Waals surface area contributed by atoms with Crippen LogP contribution in [0.1, 0.15) is 84.9 Å². The van der Waals surface area contributed by atoms with Gasteiger partial charge in [-0.2, -0.15) is 0 Å². The van der Waals surface area contributed by atoms with Crippen LogP contribution in [-0.4, -0.2) is 72.5 Å². The van der Waals surface area contributed by atoms with Crippen molar-refractivity contribution in [3.63, 3.8) is 0 Å². The van der Waals surface area contributed by atoms with Crippen molar-refractivity contribution in [1.29, 1.82) is 0 Å². The van der Waals surface area contributed by atoms with Crippen molar-refractivity contribution in [2.75, 3.05) is 37.7 Å². The van der Waals surface area contributed by atoms with Crippen LogP contribution in [0, 0.1) is 30.0 Å². The summed E-state index contributed by atoms with van der Waals surface area (Å²) in [5.74, 6) is 2.30. The Morgan fingerprint density at radius 2 is 1.67 bits per heavy atom. The third-order valence-corrected chi connectivity index (χ3v) is 18.6. The van der Waals surface area contributed by atoms with Crippen LogP contribution in [0.25, 0.3) is 32.9 Å². The number of hydrogen-bond donors (Lipinski definition) is 1. The zero-order chi connectivity index (χ0) is 37.1. The van der Waals surface area contributed by atoms with Gasteiger partial charge in [0.25, 0.3) is 0 Å². The molecule has 5 heterocycles. The number of fused-ring (bicyclic) bond motifs is 3. The molecule has 2 aromatic heterocycles. The molecule has 0 unspecified atom stereocenters. The van der Waals surface area contributed by atoms with E-state index in [0.717, 1.165) is 51.0 Å². The first-order chi connectivity index (χ1) is 24.8. The number of aryl methyl sites for hydroxylation is 1. The summed E-state index contributed by atoms with van der Waals surface area (Å²) in [5.41, 5.74) is 6.12. The second-order valence-corrected chi connectivity index (χ2v) is 21.9. The van der Waals surface area contributed by atoms with Crippen molar-refractivity contribution in [3.8, 4) is 34.4 Å². The molecule has 0 amide bonds. The van der Waals surface area contributed by atoms with E-state index in [-0.39, 0.29) is 46.1 Å². The molecular formula is C42H51F3N4O2Si. The Kier molecular flexibility index (Phi) is 9.75. The Balaban J connectivity index is 1.42. The van der Waals surface area contributed by atoms with Crippen molar-refractivity contribution < 1.29 is 23.0 Å². The van der Waals surface area contributed by atoms with Crippen molar-refractivity contribution in [2.24, 2.45) is 0 Å². The largest absolute Gasteiger partial charge is 0.508 e. The first kappa shape index (κ1) is 36.5. The molecule has 3 aliphatic rings. The van der Waals surface area contributed by atoms with Gasteiger partial charge in [-0.25, -0.2) is 23.1 Å². The van der Waals surface area contributed by atoms with Crippen LogP contribution in [0.3, 0.4) is 0 Å². The number of benzene rings is 2. The molecule has 2 aromatic carbocycles. The van der Waals surface area contributed by atoms with E-state index in [0.29, 0.717) is 51.4 Å². The number of ether oxygens (including phenoxy) is 1. The lowest BCUT2D eigenvalue weighted by Gasteiger charge is -2.38. The number of pyridine rings is 2. The van der Waals surface area contributed by atoms with Crippen LogP contribution < -0.4 is 9.64 Å². The van der Waals surface area contributed by atoms with Crippen LogP contribution in [0.15, 0.2) is 30.3 Å². The zero-order valence-corrected chi connectivity index (χ0v) is 32.5. The molecule has 0 saturated carbocycles. The van der Waals surface area contributed by atoms with Crippen molar-refractivity contribution >= 4 is 35.4 Å². The highest BCUT2D eigenvalue weighted by Crippen LogP contribution is 2.44. The number of phenolic OH excluding ortho intramolecular Hbond substituents is 1. The maximum atomic E-state index is 17.3. The fourth-order valence-corrected chi connectivity index (χ4v) is 15.1. The van der Waals surface area contributed by atoms with Gasteiger partial charge < -0.3 is 14.7 Å². The normalized spacial score (nSPS) is 20.9. The Hall–Kier alpha value is -3.81. The van der Waals surface area contributed by atoms with Crippen molar-refractivity contribution in [2.45, 2.75) is 109 Å². The Morgan fingerprint density at radius 1 is 0.962 bits per heavy atom. The molecule has 52 heavy (non-hydrogen) atoms. The number of aromatic hydroxyl groups is 1. The van der Waals surface area contributed by atoms with Gasteiger partial charge in [0.1, 0.15) is 43.6 Å². The Bertz CT molecular complexity index is 2070. The number of hydrogen-bond acceptors (Lipinski definition) is 6. The Labute approximate surface area is 306 Å². The lowest BCUT2D eigenvalue weighted by atomic mass is 9.95. The van der Waals surface area contributed by atoms with E-state index in [1.165, 1.54) is 12.1 Å². The summed E-state index contributed by atoms with van der Waals surface area (Å²) in [4.78, 5) is 14.0. The fraction of sp³-hybridized carbons (Fsp3) is 0.524. The number of rotatable bonds is 8. The SMILES string of the molecule is Cc1nc(-c2cc(O)cc3ccc(F)c(C#C[Si](C(C)C)(C(C)C)C(C)C)c23)c(F)c2nc(OC[C@@]34CCCN3C[C@H](F)C4)cc(N3CCCC3)c12. The summed E-state index contributed by atoms with van der Waals surface area (Å²) in [5, 5.41) is 12.5. The predicted octanol–water partition coefficient (Wildman–Crippen LogP) is 9.87. The zero-order valence-electron chi connectivity index (χ0n) is 31.5. The van der Waals surface area contributed by atoms with Gasteiger partial charge in [-0.3, -0.25) is 4.90 Å². The molecule has 3 saturated heterocycles. The number of phenols is 1. The molecule has 0 aliphatic carbocycles. The highest BCUT2D eigenvalue weighted by Gasteiger charge is 2.49. The van der Waals surface area contributed by atoms with Gasteiger partial charge in [-0.05, 0) is 79.4 Å². The first-order valence-corrected chi connectivity index (χ1v) is 21.3. The van der Waals surface area contributed by atoms with E-state index in [1.54, 1.807) is 12.1 Å². The van der Waals surface area contributed by atoms with Crippen LogP contribution in [0.4, 0.5) is 18.9 Å². The summed E-state index contributed by atoms with van der Waals surface area (Å²) in [7, 11) is -2.26. The molecule has 2 atom stereocenters. The Morgan fingerprint density at radius 3 is 2.37 bits per heavy atom. The van der Waals surface area contributed by atoms with E-state index in [4.69, 9.17) is 14.7 Å². The monoisotopic (exact) mass is 728 g/mol. The molecule has 10 heteroatoms. The molecule has 4 aromatic rings. The van der Waals surface area contributed by atoms with Crippen LogP contribution in [0.5, 0.6) is 11.6 Å². The minimum atomic E-state index is -2.26. The van der Waals surface area contributed by atoms with E-state index < -0.39 is 25.9 Å². The first-order valence-electron chi connectivity index (χ1n) is 19.0. The average Bonchev–Trinajstić information content (AvgIpc) is 3.82. The molecule has 0 bridgehead atoms. The molecule has 276 valence electrons. The van der Waals surface area contributed by atoms with Gasteiger partial charge in [0.15, 0.2) is 5.82 Å². The standard InChI is InChI=1S/C42H51F3N4O2Si/c1-25(2)52(26(3)4,27(5)6)18-13-32-34(44)12-11-29-19-31(50)20-33(38(29)32)40-39(45)41-37(28(7)46-40)35(48-15-8-9-16-48)21-36(47-41)51-24-42-14-10-17-49(42)23-30(43)22-42/h11-12,19-21,25-27,30,50H,8-10,14-17,22-24H2,1-7H3/t30-,42+/m1/s1. The molecule has 7 rings (SSSR count). The van der Waals surface area contributed by atoms with Crippen molar-refractivity contribution in [1.82, 2.24) is 14.9 Å². The lowest BCUT2D eigenvalue weighted by molar-refractivity contribution is 0.111. The highest BCUT2D eigenvalue weighted by molar-refractivity contribution is 6.90. The number of nitrogens with zero attached hydrogens (tertiary/aromatic N) is 4. The van der Waals surface area contributed by atoms with Gasteiger partial charge >= 0.3 is 0 Å². The second-order valence-electron chi connectivity index (χ2n) is 16.3. The molecule has 0 spiro atoms. The summed E-state index contributed by atoms with van der Waals surface area (Å²) in [6.45, 7) is 18.2. The molecule has 3 fully saturated rings. The number of halogens is 3. The maximum Gasteiger partial charge on any atom is 0.216 e. The van der Waals surface area contributed by atoms with Gasteiger partial charge in [0.05, 0.1) is 16.8 Å². The highest BCUT2D eigenvalue weighted by atomic mass is 28.3. The van der Waals surface area contributed by atoms with Gasteiger partial charge in [0.2, 0.25) is 5.88 Å². The van der Waals surface area contributed by atoms with E-state index >= 15 is 8.78 Å². The molecule has 6 nitrogen and oxygen atoms in total. The molecule has 0 radical (unpaired) electrons. The summed E-state index contributed by atoms with van der Waals surface area (Å²) in [6, 6.07) is 7.84. The third-order valence-electron chi connectivity index (χ3n) is 12.3. The van der Waals surface area contributed by atoms with Crippen LogP contribution in [-0.2, 0) is 0 Å². The molecule has 1 N–H and O–H groups in total. The lowest BCUT2D eigenvalue weighted by Crippen LogP contribution is -2.43. The molecular weight excluding hydrogens is 678 g/mol. The van der Waals surface area contributed by atoms with Gasteiger partial charge in [-0.15, -0.1) is 5.54 Å². The summed E-state index contributed by atoms with van der Waals surface area (Å²) in [6.07, 6.45) is 3.40. The molecule has 3 aliphatic heterocycles. The summed E-state index contributed by atoms with van der Waals surface area (Å²) < 4.78 is 54.3. The topological polar surface area (TPSA) is 61.7 Å². The predicted molar refractivity (Wildman–Crippen MR) is 207 cm³/mol. The minimum absolute atomic E-state index is 0.0340. The quantitative estimate of drug-likeness (QED) is 0.144. The third kappa shape index (κ3) is 6.11. The van der Waals surface area contributed by atoms with E-state index in [1.807, 2.05) is 13.0 Å². The average molecular weight is 729 g/mol. The smallest absolute Gasteiger partial charge is 0.216 e. The minimum Gasteiger partial charge on any atom is -0.508 e. The number of aromatic nitrogens is 2. The second kappa shape index (κ2) is 13.9.